The van der Waals surface area contributed by atoms with Crippen molar-refractivity contribution in [3.8, 4) is 5.75 Å². The molecule has 1 atom stereocenters. The SMILES string of the molecule is Cc1ccc(C(CO)COc2ccccc2C(F)(F)F)cc1. The van der Waals surface area contributed by atoms with E-state index in [4.69, 9.17) is 4.74 Å². The second-order valence-electron chi connectivity index (χ2n) is 5.10. The zero-order chi connectivity index (χ0) is 16.2. The molecule has 0 radical (unpaired) electrons. The Bertz CT molecular complexity index is 606. The van der Waals surface area contributed by atoms with Crippen molar-refractivity contribution in [3.63, 3.8) is 0 Å². The molecule has 0 amide bonds. The lowest BCUT2D eigenvalue weighted by Gasteiger charge is -2.18. The highest BCUT2D eigenvalue weighted by molar-refractivity contribution is 5.35. The van der Waals surface area contributed by atoms with Crippen LogP contribution in [0.5, 0.6) is 5.75 Å². The predicted molar refractivity (Wildman–Crippen MR) is 77.9 cm³/mol. The highest BCUT2D eigenvalue weighted by Crippen LogP contribution is 2.36. The monoisotopic (exact) mass is 310 g/mol. The van der Waals surface area contributed by atoms with Crippen molar-refractivity contribution in [1.82, 2.24) is 0 Å². The molecule has 0 fully saturated rings. The number of hydrogen-bond donors (Lipinski definition) is 1. The molecule has 0 aliphatic rings. The molecule has 2 aromatic carbocycles. The van der Waals surface area contributed by atoms with Gasteiger partial charge in [0.25, 0.3) is 0 Å². The van der Waals surface area contributed by atoms with Gasteiger partial charge in [-0.25, -0.2) is 0 Å². The van der Waals surface area contributed by atoms with Crippen molar-refractivity contribution >= 4 is 0 Å². The Kier molecular flexibility index (Phi) is 5.08. The fourth-order valence-corrected chi connectivity index (χ4v) is 2.11. The smallest absolute Gasteiger partial charge is 0.419 e. The Morgan fingerprint density at radius 2 is 1.68 bits per heavy atom. The van der Waals surface area contributed by atoms with E-state index in [1.807, 2.05) is 31.2 Å². The highest BCUT2D eigenvalue weighted by atomic mass is 19.4. The first-order chi connectivity index (χ1) is 10.4. The van der Waals surface area contributed by atoms with Gasteiger partial charge in [-0.3, -0.25) is 0 Å². The number of rotatable bonds is 5. The third kappa shape index (κ3) is 4.01. The summed E-state index contributed by atoms with van der Waals surface area (Å²) in [5.74, 6) is -0.595. The van der Waals surface area contributed by atoms with Crippen molar-refractivity contribution in [2.75, 3.05) is 13.2 Å². The molecule has 5 heteroatoms. The first kappa shape index (κ1) is 16.4. The van der Waals surface area contributed by atoms with Crippen LogP contribution in [0.2, 0.25) is 0 Å². The topological polar surface area (TPSA) is 29.5 Å². The zero-order valence-electron chi connectivity index (χ0n) is 12.1. The van der Waals surface area contributed by atoms with Crippen molar-refractivity contribution in [2.45, 2.75) is 19.0 Å². The molecular formula is C17H17F3O2. The van der Waals surface area contributed by atoms with E-state index in [1.165, 1.54) is 18.2 Å². The summed E-state index contributed by atoms with van der Waals surface area (Å²) in [6, 6.07) is 12.5. The molecule has 0 aliphatic carbocycles. The number of hydrogen-bond acceptors (Lipinski definition) is 2. The Labute approximate surface area is 127 Å². The summed E-state index contributed by atoms with van der Waals surface area (Å²) in [7, 11) is 0. The van der Waals surface area contributed by atoms with Gasteiger partial charge in [0, 0.05) is 5.92 Å². The molecular weight excluding hydrogens is 293 g/mol. The minimum absolute atomic E-state index is 0.0212. The minimum Gasteiger partial charge on any atom is -0.492 e. The van der Waals surface area contributed by atoms with Crippen molar-refractivity contribution in [3.05, 3.63) is 65.2 Å². The third-order valence-corrected chi connectivity index (χ3v) is 3.40. The lowest BCUT2D eigenvalue weighted by atomic mass is 10.00. The largest absolute Gasteiger partial charge is 0.492 e. The number of aryl methyl sites for hydroxylation is 1. The van der Waals surface area contributed by atoms with Gasteiger partial charge < -0.3 is 9.84 Å². The molecule has 0 bridgehead atoms. The van der Waals surface area contributed by atoms with Crippen LogP contribution in [0.25, 0.3) is 0 Å². The van der Waals surface area contributed by atoms with Crippen LogP contribution in [0.3, 0.4) is 0 Å². The number of aliphatic hydroxyl groups is 1. The standard InChI is InChI=1S/C17H17F3O2/c1-12-6-8-13(9-7-12)14(10-21)11-22-16-5-3-2-4-15(16)17(18,19)20/h2-9,14,21H,10-11H2,1H3. The van der Waals surface area contributed by atoms with Gasteiger partial charge in [-0.2, -0.15) is 13.2 Å². The summed E-state index contributed by atoms with van der Waals surface area (Å²) in [6.07, 6.45) is -4.46. The summed E-state index contributed by atoms with van der Waals surface area (Å²) in [6.45, 7) is 1.72. The predicted octanol–water partition coefficient (Wildman–Crippen LogP) is 4.17. The lowest BCUT2D eigenvalue weighted by Crippen LogP contribution is -2.16. The van der Waals surface area contributed by atoms with Crippen molar-refractivity contribution < 1.29 is 23.0 Å². The first-order valence-corrected chi connectivity index (χ1v) is 6.88. The molecule has 0 aliphatic heterocycles. The number of aliphatic hydroxyl groups excluding tert-OH is 1. The van der Waals surface area contributed by atoms with Crippen LogP contribution < -0.4 is 4.74 Å². The van der Waals surface area contributed by atoms with E-state index in [1.54, 1.807) is 0 Å². The summed E-state index contributed by atoms with van der Waals surface area (Å²) in [5, 5.41) is 9.45. The maximum Gasteiger partial charge on any atom is 0.419 e. The molecule has 0 saturated carbocycles. The summed E-state index contributed by atoms with van der Waals surface area (Å²) in [5.41, 5.74) is 1.09. The van der Waals surface area contributed by atoms with E-state index in [0.29, 0.717) is 0 Å². The average Bonchev–Trinajstić information content (AvgIpc) is 2.49. The van der Waals surface area contributed by atoms with Crippen molar-refractivity contribution in [1.29, 1.82) is 0 Å². The molecule has 118 valence electrons. The zero-order valence-corrected chi connectivity index (χ0v) is 12.1. The molecule has 0 spiro atoms. The van der Waals surface area contributed by atoms with Gasteiger partial charge in [-0.05, 0) is 24.6 Å². The minimum atomic E-state index is -4.46. The third-order valence-electron chi connectivity index (χ3n) is 3.40. The van der Waals surface area contributed by atoms with Crippen LogP contribution in [0.4, 0.5) is 13.2 Å². The number of alkyl halides is 3. The van der Waals surface area contributed by atoms with Crippen LogP contribution >= 0.6 is 0 Å². The Balaban J connectivity index is 2.13. The molecule has 0 heterocycles. The number of halogens is 3. The van der Waals surface area contributed by atoms with Crippen LogP contribution in [-0.4, -0.2) is 18.3 Å². The van der Waals surface area contributed by atoms with Gasteiger partial charge >= 0.3 is 6.18 Å². The Morgan fingerprint density at radius 1 is 1.05 bits per heavy atom. The summed E-state index contributed by atoms with van der Waals surface area (Å²) < 4.78 is 44.0. The maximum atomic E-state index is 12.9. The van der Waals surface area contributed by atoms with Gasteiger partial charge in [0.1, 0.15) is 5.75 Å². The molecule has 2 rings (SSSR count). The van der Waals surface area contributed by atoms with Crippen LogP contribution in [0, 0.1) is 6.92 Å². The second kappa shape index (κ2) is 6.83. The Morgan fingerprint density at radius 3 is 2.27 bits per heavy atom. The number of para-hydroxylation sites is 1. The second-order valence-corrected chi connectivity index (χ2v) is 5.10. The quantitative estimate of drug-likeness (QED) is 0.898. The molecule has 22 heavy (non-hydrogen) atoms. The van der Waals surface area contributed by atoms with Gasteiger partial charge in [0.2, 0.25) is 0 Å². The van der Waals surface area contributed by atoms with Gasteiger partial charge in [0.05, 0.1) is 18.8 Å². The van der Waals surface area contributed by atoms with E-state index in [9.17, 15) is 18.3 Å². The maximum absolute atomic E-state index is 12.9. The molecule has 1 unspecified atom stereocenters. The fraction of sp³-hybridized carbons (Fsp3) is 0.294. The summed E-state index contributed by atoms with van der Waals surface area (Å²) in [4.78, 5) is 0. The highest BCUT2D eigenvalue weighted by Gasteiger charge is 2.34. The van der Waals surface area contributed by atoms with E-state index in [-0.39, 0.29) is 24.9 Å². The van der Waals surface area contributed by atoms with Crippen molar-refractivity contribution in [2.24, 2.45) is 0 Å². The van der Waals surface area contributed by atoms with E-state index in [2.05, 4.69) is 0 Å². The average molecular weight is 310 g/mol. The normalized spacial score (nSPS) is 13.0. The van der Waals surface area contributed by atoms with Gasteiger partial charge in [-0.15, -0.1) is 0 Å². The van der Waals surface area contributed by atoms with E-state index in [0.717, 1.165) is 17.2 Å². The van der Waals surface area contributed by atoms with Gasteiger partial charge in [-0.1, -0.05) is 42.0 Å². The molecule has 0 saturated heterocycles. The molecule has 1 N–H and O–H groups in total. The molecule has 2 nitrogen and oxygen atoms in total. The van der Waals surface area contributed by atoms with Crippen LogP contribution in [-0.2, 0) is 6.18 Å². The lowest BCUT2D eigenvalue weighted by molar-refractivity contribution is -0.139. The van der Waals surface area contributed by atoms with Gasteiger partial charge in [0.15, 0.2) is 0 Å². The van der Waals surface area contributed by atoms with E-state index >= 15 is 0 Å². The molecule has 2 aromatic rings. The molecule has 0 aromatic heterocycles. The van der Waals surface area contributed by atoms with Crippen LogP contribution in [0.15, 0.2) is 48.5 Å². The summed E-state index contributed by atoms with van der Waals surface area (Å²) >= 11 is 0. The number of ether oxygens (including phenoxy) is 1. The first-order valence-electron chi connectivity index (χ1n) is 6.88. The fourth-order valence-electron chi connectivity index (χ4n) is 2.11. The van der Waals surface area contributed by atoms with E-state index < -0.39 is 11.7 Å². The Hall–Kier alpha value is -2.01. The number of benzene rings is 2. The van der Waals surface area contributed by atoms with Crippen LogP contribution in [0.1, 0.15) is 22.6 Å².